The lowest BCUT2D eigenvalue weighted by molar-refractivity contribution is -0.315. The Labute approximate surface area is 84.4 Å². The minimum absolute atomic E-state index is 0.170. The summed E-state index contributed by atoms with van der Waals surface area (Å²) in [5, 5.41) is 9.97. The summed E-state index contributed by atoms with van der Waals surface area (Å²) in [5.74, 6) is 0.321. The summed E-state index contributed by atoms with van der Waals surface area (Å²) in [6.45, 7) is 3.66. The zero-order valence-corrected chi connectivity index (χ0v) is 8.61. The Balaban J connectivity index is 1.85. The van der Waals surface area contributed by atoms with Crippen molar-refractivity contribution >= 4 is 0 Å². The molecule has 1 saturated heterocycles. The van der Waals surface area contributed by atoms with Crippen molar-refractivity contribution in [2.45, 2.75) is 44.5 Å². The average Bonchev–Trinajstić information content (AvgIpc) is 2.16. The van der Waals surface area contributed by atoms with Crippen molar-refractivity contribution in [3.8, 4) is 0 Å². The van der Waals surface area contributed by atoms with Crippen LogP contribution >= 0.6 is 0 Å². The number of hydrogen-bond donors (Lipinski definition) is 1. The van der Waals surface area contributed by atoms with Gasteiger partial charge in [-0.1, -0.05) is 13.3 Å². The molecular formula is C11H18O3. The van der Waals surface area contributed by atoms with E-state index in [1.54, 1.807) is 0 Å². The largest absolute Gasteiger partial charge is 0.393 e. The van der Waals surface area contributed by atoms with Gasteiger partial charge in [0.2, 0.25) is 0 Å². The topological polar surface area (TPSA) is 38.7 Å². The molecule has 3 heteroatoms. The van der Waals surface area contributed by atoms with Gasteiger partial charge in [0.15, 0.2) is 0 Å². The van der Waals surface area contributed by atoms with E-state index < -0.39 is 0 Å². The van der Waals surface area contributed by atoms with Crippen molar-refractivity contribution in [1.82, 2.24) is 0 Å². The highest BCUT2D eigenvalue weighted by atomic mass is 16.6. The van der Waals surface area contributed by atoms with Crippen molar-refractivity contribution in [3.05, 3.63) is 0 Å². The van der Waals surface area contributed by atoms with Gasteiger partial charge in [-0.3, -0.25) is 0 Å². The van der Waals surface area contributed by atoms with E-state index in [2.05, 4.69) is 6.92 Å². The van der Waals surface area contributed by atoms with E-state index in [1.165, 1.54) is 6.42 Å². The third-order valence-electron chi connectivity index (χ3n) is 4.38. The van der Waals surface area contributed by atoms with E-state index in [1.807, 2.05) is 0 Å². The summed E-state index contributed by atoms with van der Waals surface area (Å²) in [5.41, 5.74) is 0.183. The van der Waals surface area contributed by atoms with Gasteiger partial charge in [0.25, 0.3) is 0 Å². The number of ether oxygens (including phenoxy) is 2. The Morgan fingerprint density at radius 3 is 2.93 bits per heavy atom. The lowest BCUT2D eigenvalue weighted by atomic mass is 9.50. The molecule has 2 aliphatic carbocycles. The van der Waals surface area contributed by atoms with Crippen LogP contribution in [0, 0.1) is 11.3 Å². The third kappa shape index (κ3) is 0.980. The molecule has 80 valence electrons. The Kier molecular flexibility index (Phi) is 1.92. The molecule has 1 N–H and O–H groups in total. The predicted molar refractivity (Wildman–Crippen MR) is 50.9 cm³/mol. The lowest BCUT2D eigenvalue weighted by Gasteiger charge is -2.63. The highest BCUT2D eigenvalue weighted by Gasteiger charge is 2.64. The van der Waals surface area contributed by atoms with Gasteiger partial charge >= 0.3 is 0 Å². The smallest absolute Gasteiger partial charge is 0.0902 e. The van der Waals surface area contributed by atoms with Crippen LogP contribution in [0.25, 0.3) is 0 Å². The quantitative estimate of drug-likeness (QED) is 0.630. The molecule has 2 saturated carbocycles. The number of rotatable bonds is 0. The second-order valence-corrected chi connectivity index (χ2v) is 5.12. The van der Waals surface area contributed by atoms with Gasteiger partial charge in [-0.05, 0) is 12.8 Å². The van der Waals surface area contributed by atoms with Crippen LogP contribution in [0.2, 0.25) is 0 Å². The minimum Gasteiger partial charge on any atom is -0.393 e. The fourth-order valence-corrected chi connectivity index (χ4v) is 3.68. The second-order valence-electron chi connectivity index (χ2n) is 5.12. The van der Waals surface area contributed by atoms with E-state index in [0.717, 1.165) is 19.4 Å². The molecule has 1 aliphatic heterocycles. The molecule has 0 radical (unpaired) electrons. The summed E-state index contributed by atoms with van der Waals surface area (Å²) in [7, 11) is 0. The molecule has 3 rings (SSSR count). The summed E-state index contributed by atoms with van der Waals surface area (Å²) in [6, 6.07) is 0. The highest BCUT2D eigenvalue weighted by Crippen LogP contribution is 2.58. The zero-order chi connectivity index (χ0) is 9.76. The number of hydrogen-bond acceptors (Lipinski definition) is 3. The van der Waals surface area contributed by atoms with Gasteiger partial charge in [0.1, 0.15) is 0 Å². The van der Waals surface area contributed by atoms with Gasteiger partial charge in [0, 0.05) is 11.3 Å². The molecule has 5 atom stereocenters. The average molecular weight is 198 g/mol. The van der Waals surface area contributed by atoms with Crippen LogP contribution < -0.4 is 0 Å². The van der Waals surface area contributed by atoms with Crippen molar-refractivity contribution in [2.24, 2.45) is 11.3 Å². The maximum atomic E-state index is 9.97. The third-order valence-corrected chi connectivity index (χ3v) is 4.38. The van der Waals surface area contributed by atoms with Gasteiger partial charge in [-0.15, -0.1) is 0 Å². The SMILES string of the molecule is C[C@]12CCC[C@H](O)[C@H]1[C@H]1OCCO[C@@H]12. The molecule has 1 heterocycles. The first-order valence-corrected chi connectivity index (χ1v) is 5.65. The Morgan fingerprint density at radius 2 is 2.07 bits per heavy atom. The number of aliphatic hydroxyl groups is 1. The highest BCUT2D eigenvalue weighted by molar-refractivity contribution is 5.13. The van der Waals surface area contributed by atoms with Crippen molar-refractivity contribution in [2.75, 3.05) is 13.2 Å². The Hall–Kier alpha value is -0.120. The Bertz CT molecular complexity index is 243. The van der Waals surface area contributed by atoms with Crippen LogP contribution in [0.4, 0.5) is 0 Å². The maximum absolute atomic E-state index is 9.97. The summed E-state index contributed by atoms with van der Waals surface area (Å²) < 4.78 is 11.5. The van der Waals surface area contributed by atoms with Crippen LogP contribution in [0.3, 0.4) is 0 Å². The van der Waals surface area contributed by atoms with E-state index in [9.17, 15) is 5.11 Å². The van der Waals surface area contributed by atoms with Crippen LogP contribution in [-0.2, 0) is 9.47 Å². The van der Waals surface area contributed by atoms with Crippen LogP contribution in [0.1, 0.15) is 26.2 Å². The van der Waals surface area contributed by atoms with Gasteiger partial charge in [-0.2, -0.15) is 0 Å². The van der Waals surface area contributed by atoms with Gasteiger partial charge in [0.05, 0.1) is 31.5 Å². The predicted octanol–water partition coefficient (Wildman–Crippen LogP) is 0.951. The van der Waals surface area contributed by atoms with Crippen molar-refractivity contribution in [3.63, 3.8) is 0 Å². The fourth-order valence-electron chi connectivity index (χ4n) is 3.68. The molecule has 0 aromatic rings. The summed E-state index contributed by atoms with van der Waals surface area (Å²) >= 11 is 0. The van der Waals surface area contributed by atoms with E-state index in [-0.39, 0.29) is 23.7 Å². The van der Waals surface area contributed by atoms with Crippen molar-refractivity contribution < 1.29 is 14.6 Å². The maximum Gasteiger partial charge on any atom is 0.0902 e. The molecule has 0 unspecified atom stereocenters. The first-order valence-electron chi connectivity index (χ1n) is 5.65. The monoisotopic (exact) mass is 198 g/mol. The van der Waals surface area contributed by atoms with Crippen LogP contribution in [-0.4, -0.2) is 36.6 Å². The van der Waals surface area contributed by atoms with E-state index in [4.69, 9.17) is 9.47 Å². The van der Waals surface area contributed by atoms with Crippen molar-refractivity contribution in [1.29, 1.82) is 0 Å². The Morgan fingerprint density at radius 1 is 1.29 bits per heavy atom. The molecule has 3 nitrogen and oxygen atoms in total. The molecule has 3 aliphatic rings. The molecule has 0 aromatic carbocycles. The standard InChI is InChI=1S/C11H18O3/c1-11-4-2-3-7(12)8(11)9-10(11)14-6-5-13-9/h7-10,12H,2-6H2,1H3/t7-,8-,9+,10-,11-/m0/s1. The number of aliphatic hydroxyl groups excluding tert-OH is 1. The molecule has 0 spiro atoms. The fraction of sp³-hybridized carbons (Fsp3) is 1.00. The molecule has 0 amide bonds. The molecule has 0 aromatic heterocycles. The molecule has 14 heavy (non-hydrogen) atoms. The number of fused-ring (bicyclic) bond motifs is 4. The van der Waals surface area contributed by atoms with E-state index in [0.29, 0.717) is 12.5 Å². The normalized spacial score (nSPS) is 57.0. The first kappa shape index (κ1) is 9.13. The van der Waals surface area contributed by atoms with Crippen LogP contribution in [0.5, 0.6) is 0 Å². The van der Waals surface area contributed by atoms with E-state index >= 15 is 0 Å². The lowest BCUT2D eigenvalue weighted by Crippen LogP contribution is -2.71. The van der Waals surface area contributed by atoms with Gasteiger partial charge < -0.3 is 14.6 Å². The molecule has 0 bridgehead atoms. The molecule has 3 fully saturated rings. The van der Waals surface area contributed by atoms with Gasteiger partial charge in [-0.25, -0.2) is 0 Å². The summed E-state index contributed by atoms with van der Waals surface area (Å²) in [4.78, 5) is 0. The minimum atomic E-state index is -0.170. The molecular weight excluding hydrogens is 180 g/mol. The zero-order valence-electron chi connectivity index (χ0n) is 8.61. The second kappa shape index (κ2) is 2.94. The first-order chi connectivity index (χ1) is 6.73. The summed E-state index contributed by atoms with van der Waals surface area (Å²) in [6.07, 6.45) is 3.49. The van der Waals surface area contributed by atoms with Crippen LogP contribution in [0.15, 0.2) is 0 Å².